The van der Waals surface area contributed by atoms with Crippen molar-refractivity contribution in [1.29, 1.82) is 0 Å². The van der Waals surface area contributed by atoms with E-state index in [1.807, 2.05) is 12.1 Å². The lowest BCUT2D eigenvalue weighted by Gasteiger charge is -2.22. The minimum Gasteiger partial charge on any atom is -0.207 e. The van der Waals surface area contributed by atoms with Crippen molar-refractivity contribution in [1.82, 2.24) is 0 Å². The topological polar surface area (TPSA) is 0 Å². The van der Waals surface area contributed by atoms with Crippen LogP contribution in [0.3, 0.4) is 0 Å². The molecule has 4 rings (SSSR count). The quantitative estimate of drug-likeness (QED) is 0.692. The van der Waals surface area contributed by atoms with Crippen LogP contribution < -0.4 is 0 Å². The predicted molar refractivity (Wildman–Crippen MR) is 80.3 cm³/mol. The molecule has 2 atom stereocenters. The van der Waals surface area contributed by atoms with E-state index in [4.69, 9.17) is 0 Å². The normalized spacial score (nSPS) is 32.5. The summed E-state index contributed by atoms with van der Waals surface area (Å²) in [4.78, 5) is 0. The lowest BCUT2D eigenvalue weighted by atomic mass is 9.84. The molecule has 2 unspecified atom stereocenters. The monoisotopic (exact) mass is 272 g/mol. The van der Waals surface area contributed by atoms with E-state index in [1.54, 1.807) is 6.07 Å². The second-order valence-electron chi connectivity index (χ2n) is 7.44. The van der Waals surface area contributed by atoms with E-state index < -0.39 is 0 Å². The number of hydrogen-bond donors (Lipinski definition) is 0. The molecule has 3 aliphatic rings. The van der Waals surface area contributed by atoms with Crippen molar-refractivity contribution >= 4 is 0 Å². The van der Waals surface area contributed by atoms with Crippen LogP contribution in [0.5, 0.6) is 0 Å². The molecule has 0 nitrogen and oxygen atoms in total. The summed E-state index contributed by atoms with van der Waals surface area (Å²) in [7, 11) is 0. The molecular formula is C19H25F. The Morgan fingerprint density at radius 1 is 1.10 bits per heavy atom. The van der Waals surface area contributed by atoms with Gasteiger partial charge in [-0.3, -0.25) is 0 Å². The fourth-order valence-electron chi connectivity index (χ4n) is 5.03. The number of fused-ring (bicyclic) bond motifs is 2. The second kappa shape index (κ2) is 4.86. The molecule has 2 saturated carbocycles. The van der Waals surface area contributed by atoms with Crippen LogP contribution in [0.15, 0.2) is 18.2 Å². The Morgan fingerprint density at radius 2 is 1.95 bits per heavy atom. The fourth-order valence-corrected chi connectivity index (χ4v) is 5.03. The lowest BCUT2D eigenvalue weighted by molar-refractivity contribution is 0.322. The molecule has 1 aromatic carbocycles. The summed E-state index contributed by atoms with van der Waals surface area (Å²) in [5, 5.41) is 0. The summed E-state index contributed by atoms with van der Waals surface area (Å²) in [6, 6.07) is 5.50. The van der Waals surface area contributed by atoms with Gasteiger partial charge >= 0.3 is 0 Å². The average molecular weight is 272 g/mol. The van der Waals surface area contributed by atoms with Crippen LogP contribution in [0.4, 0.5) is 4.39 Å². The molecule has 2 fully saturated rings. The van der Waals surface area contributed by atoms with E-state index in [1.165, 1.54) is 75.3 Å². The SMILES string of the molecule is Fc1ccc2c(c1)C1(CC2)CC1CCC1CCCCC1. The first-order valence-electron chi connectivity index (χ1n) is 8.57. The first kappa shape index (κ1) is 12.9. The van der Waals surface area contributed by atoms with Gasteiger partial charge in [-0.25, -0.2) is 4.39 Å². The largest absolute Gasteiger partial charge is 0.207 e. The van der Waals surface area contributed by atoms with Crippen molar-refractivity contribution in [2.75, 3.05) is 0 Å². The molecule has 0 saturated heterocycles. The molecule has 0 N–H and O–H groups in total. The molecule has 0 aromatic heterocycles. The number of benzene rings is 1. The van der Waals surface area contributed by atoms with Crippen LogP contribution in [0, 0.1) is 17.7 Å². The Kier molecular flexibility index (Phi) is 3.12. The van der Waals surface area contributed by atoms with Crippen molar-refractivity contribution in [2.24, 2.45) is 11.8 Å². The molecule has 0 radical (unpaired) electrons. The Labute approximate surface area is 121 Å². The van der Waals surface area contributed by atoms with Crippen LogP contribution in [-0.2, 0) is 11.8 Å². The molecule has 20 heavy (non-hydrogen) atoms. The van der Waals surface area contributed by atoms with E-state index in [-0.39, 0.29) is 5.82 Å². The fraction of sp³-hybridized carbons (Fsp3) is 0.684. The maximum atomic E-state index is 13.5. The third kappa shape index (κ3) is 2.10. The minimum atomic E-state index is -0.0389. The van der Waals surface area contributed by atoms with Crippen LogP contribution >= 0.6 is 0 Å². The predicted octanol–water partition coefficient (Wildman–Crippen LogP) is 5.39. The standard InChI is InChI=1S/C19H25F/c20-17-9-7-15-10-11-19(18(15)12-17)13-16(19)8-6-14-4-2-1-3-5-14/h7,9,12,14,16H,1-6,8,10-11,13H2. The van der Waals surface area contributed by atoms with Gasteiger partial charge in [-0.2, -0.15) is 0 Å². The van der Waals surface area contributed by atoms with Crippen LogP contribution in [0.2, 0.25) is 0 Å². The van der Waals surface area contributed by atoms with Crippen molar-refractivity contribution in [3.63, 3.8) is 0 Å². The highest BCUT2D eigenvalue weighted by Gasteiger charge is 2.57. The van der Waals surface area contributed by atoms with Crippen LogP contribution in [0.25, 0.3) is 0 Å². The zero-order valence-corrected chi connectivity index (χ0v) is 12.3. The maximum absolute atomic E-state index is 13.5. The van der Waals surface area contributed by atoms with Crippen molar-refractivity contribution in [2.45, 2.75) is 69.6 Å². The van der Waals surface area contributed by atoms with Crippen LogP contribution in [-0.4, -0.2) is 0 Å². The minimum absolute atomic E-state index is 0.0389. The summed E-state index contributed by atoms with van der Waals surface area (Å²) >= 11 is 0. The summed E-state index contributed by atoms with van der Waals surface area (Å²) < 4.78 is 13.5. The average Bonchev–Trinajstić information content (AvgIpc) is 3.08. The molecule has 0 amide bonds. The Bertz CT molecular complexity index is 500. The first-order chi connectivity index (χ1) is 9.78. The third-order valence-corrected chi connectivity index (χ3v) is 6.33. The van der Waals surface area contributed by atoms with E-state index in [2.05, 4.69) is 0 Å². The Hall–Kier alpha value is -0.850. The Balaban J connectivity index is 1.41. The molecule has 0 bridgehead atoms. The number of halogens is 1. The lowest BCUT2D eigenvalue weighted by Crippen LogP contribution is -2.09. The maximum Gasteiger partial charge on any atom is 0.123 e. The highest BCUT2D eigenvalue weighted by atomic mass is 19.1. The van der Waals surface area contributed by atoms with Gasteiger partial charge in [0.2, 0.25) is 0 Å². The Morgan fingerprint density at radius 3 is 2.80 bits per heavy atom. The molecule has 0 aliphatic heterocycles. The molecular weight excluding hydrogens is 247 g/mol. The molecule has 108 valence electrons. The first-order valence-corrected chi connectivity index (χ1v) is 8.57. The van der Waals surface area contributed by atoms with Gasteiger partial charge in [-0.05, 0) is 66.2 Å². The summed E-state index contributed by atoms with van der Waals surface area (Å²) in [5.41, 5.74) is 3.18. The summed E-state index contributed by atoms with van der Waals surface area (Å²) in [5.74, 6) is 1.81. The van der Waals surface area contributed by atoms with E-state index >= 15 is 0 Å². The van der Waals surface area contributed by atoms with Gasteiger partial charge in [-0.1, -0.05) is 44.6 Å². The van der Waals surface area contributed by atoms with E-state index in [0.29, 0.717) is 5.41 Å². The van der Waals surface area contributed by atoms with E-state index in [9.17, 15) is 4.39 Å². The van der Waals surface area contributed by atoms with E-state index in [0.717, 1.165) is 11.8 Å². The molecule has 0 heterocycles. The number of rotatable bonds is 3. The van der Waals surface area contributed by atoms with Gasteiger partial charge in [0.05, 0.1) is 0 Å². The smallest absolute Gasteiger partial charge is 0.123 e. The van der Waals surface area contributed by atoms with Gasteiger partial charge < -0.3 is 0 Å². The zero-order valence-electron chi connectivity index (χ0n) is 12.3. The molecule has 1 aromatic rings. The molecule has 1 heteroatoms. The second-order valence-corrected chi connectivity index (χ2v) is 7.44. The zero-order chi connectivity index (χ0) is 13.6. The van der Waals surface area contributed by atoms with Gasteiger partial charge in [0.15, 0.2) is 0 Å². The van der Waals surface area contributed by atoms with Gasteiger partial charge in [-0.15, -0.1) is 0 Å². The molecule has 3 aliphatic carbocycles. The summed E-state index contributed by atoms with van der Waals surface area (Å²) in [6.45, 7) is 0. The van der Waals surface area contributed by atoms with Crippen molar-refractivity contribution in [3.8, 4) is 0 Å². The number of aryl methyl sites for hydroxylation is 1. The highest BCUT2D eigenvalue weighted by molar-refractivity contribution is 5.45. The van der Waals surface area contributed by atoms with Gasteiger partial charge in [0.25, 0.3) is 0 Å². The third-order valence-electron chi connectivity index (χ3n) is 6.33. The number of hydrogen-bond acceptors (Lipinski definition) is 0. The highest BCUT2D eigenvalue weighted by Crippen LogP contribution is 2.63. The summed E-state index contributed by atoms with van der Waals surface area (Å²) in [6.07, 6.45) is 13.9. The van der Waals surface area contributed by atoms with Crippen molar-refractivity contribution in [3.05, 3.63) is 35.1 Å². The van der Waals surface area contributed by atoms with Gasteiger partial charge in [0.1, 0.15) is 5.82 Å². The van der Waals surface area contributed by atoms with Gasteiger partial charge in [0, 0.05) is 0 Å². The molecule has 1 spiro atoms. The van der Waals surface area contributed by atoms with Crippen LogP contribution in [0.1, 0.15) is 68.9 Å². The van der Waals surface area contributed by atoms with Crippen molar-refractivity contribution < 1.29 is 4.39 Å².